The number of piperidine rings is 1. The van der Waals surface area contributed by atoms with E-state index < -0.39 is 11.0 Å². The van der Waals surface area contributed by atoms with Gasteiger partial charge < -0.3 is 14.4 Å². The molecule has 0 unspecified atom stereocenters. The van der Waals surface area contributed by atoms with Gasteiger partial charge in [-0.2, -0.15) is 0 Å². The number of hydrogen-bond donors (Lipinski definition) is 1. The van der Waals surface area contributed by atoms with Crippen molar-refractivity contribution in [3.63, 3.8) is 0 Å². The molecule has 1 aromatic heterocycles. The van der Waals surface area contributed by atoms with Crippen LogP contribution < -0.4 is 5.43 Å². The second-order valence-corrected chi connectivity index (χ2v) is 6.40. The second kappa shape index (κ2) is 4.74. The molecule has 20 heavy (non-hydrogen) atoms. The molecular formula is C15H21NO4. The normalized spacial score (nSPS) is 25.6. The summed E-state index contributed by atoms with van der Waals surface area (Å²) < 4.78 is 5.34. The topological polar surface area (TPSA) is 70.8 Å². The van der Waals surface area contributed by atoms with Gasteiger partial charge in [-0.15, -0.1) is 0 Å². The van der Waals surface area contributed by atoms with Crippen LogP contribution in [-0.4, -0.2) is 34.6 Å². The minimum Gasteiger partial charge on any atom is -0.456 e. The summed E-state index contributed by atoms with van der Waals surface area (Å²) >= 11 is 0. The van der Waals surface area contributed by atoms with E-state index in [2.05, 4.69) is 0 Å². The standard InChI is InChI=1S/C15H21NO4/c1-10-7-11(17)8-12(20-10)13(18)16-6-5-15(4,19)14(2,3)9-16/h7-8,19H,5-6,9H2,1-4H3/t15-/m1/s1. The fourth-order valence-corrected chi connectivity index (χ4v) is 2.46. The number of carbonyl (C=O) groups is 1. The summed E-state index contributed by atoms with van der Waals surface area (Å²) in [7, 11) is 0. The number of aliphatic hydroxyl groups is 1. The molecule has 0 bridgehead atoms. The lowest BCUT2D eigenvalue weighted by Gasteiger charge is -2.48. The monoisotopic (exact) mass is 279 g/mol. The summed E-state index contributed by atoms with van der Waals surface area (Å²) in [5.41, 5.74) is -1.46. The fourth-order valence-electron chi connectivity index (χ4n) is 2.46. The molecule has 0 aliphatic carbocycles. The first-order valence-electron chi connectivity index (χ1n) is 6.76. The predicted octanol–water partition coefficient (Wildman–Crippen LogP) is 1.57. The molecule has 0 saturated carbocycles. The first-order chi connectivity index (χ1) is 9.12. The zero-order valence-electron chi connectivity index (χ0n) is 12.4. The Bertz CT molecular complexity index is 586. The van der Waals surface area contributed by atoms with Crippen molar-refractivity contribution in [2.24, 2.45) is 5.41 Å². The molecule has 2 rings (SSSR count). The Balaban J connectivity index is 2.25. The van der Waals surface area contributed by atoms with Crippen molar-refractivity contribution in [2.45, 2.75) is 39.7 Å². The Morgan fingerprint density at radius 2 is 2.00 bits per heavy atom. The summed E-state index contributed by atoms with van der Waals surface area (Å²) in [4.78, 5) is 25.5. The Morgan fingerprint density at radius 1 is 1.35 bits per heavy atom. The molecule has 5 heteroatoms. The number of likely N-dealkylation sites (tertiary alicyclic amines) is 1. The van der Waals surface area contributed by atoms with Crippen molar-refractivity contribution in [3.05, 3.63) is 33.9 Å². The largest absolute Gasteiger partial charge is 0.456 e. The third kappa shape index (κ3) is 2.63. The second-order valence-electron chi connectivity index (χ2n) is 6.40. The van der Waals surface area contributed by atoms with Crippen LogP contribution in [-0.2, 0) is 0 Å². The summed E-state index contributed by atoms with van der Waals surface area (Å²) in [5.74, 6) is 0.186. The van der Waals surface area contributed by atoms with Crippen molar-refractivity contribution < 1.29 is 14.3 Å². The molecule has 1 atom stereocenters. The Morgan fingerprint density at radius 3 is 2.55 bits per heavy atom. The van der Waals surface area contributed by atoms with Crippen LogP contribution in [0.25, 0.3) is 0 Å². The number of amides is 1. The maximum Gasteiger partial charge on any atom is 0.289 e. The lowest BCUT2D eigenvalue weighted by atomic mass is 9.71. The lowest BCUT2D eigenvalue weighted by Crippen LogP contribution is -2.57. The van der Waals surface area contributed by atoms with Crippen LogP contribution in [0.3, 0.4) is 0 Å². The molecule has 0 aromatic carbocycles. The molecule has 1 aromatic rings. The van der Waals surface area contributed by atoms with Gasteiger partial charge in [-0.25, -0.2) is 0 Å². The van der Waals surface area contributed by atoms with E-state index in [4.69, 9.17) is 4.42 Å². The first kappa shape index (κ1) is 14.8. The third-order valence-corrected chi connectivity index (χ3v) is 4.30. The summed E-state index contributed by atoms with van der Waals surface area (Å²) in [5, 5.41) is 10.3. The summed E-state index contributed by atoms with van der Waals surface area (Å²) in [6.45, 7) is 8.17. The van der Waals surface area contributed by atoms with E-state index in [-0.39, 0.29) is 17.1 Å². The summed E-state index contributed by atoms with van der Waals surface area (Å²) in [6, 6.07) is 2.57. The number of rotatable bonds is 1. The molecular weight excluding hydrogens is 258 g/mol. The maximum absolute atomic E-state index is 12.4. The van der Waals surface area contributed by atoms with Crippen LogP contribution in [0.15, 0.2) is 21.3 Å². The van der Waals surface area contributed by atoms with Crippen LogP contribution in [0, 0.1) is 12.3 Å². The van der Waals surface area contributed by atoms with Crippen LogP contribution in [0.1, 0.15) is 43.5 Å². The first-order valence-corrected chi connectivity index (χ1v) is 6.76. The predicted molar refractivity (Wildman–Crippen MR) is 74.6 cm³/mol. The van der Waals surface area contributed by atoms with Crippen LogP contribution in [0.2, 0.25) is 0 Å². The molecule has 0 radical (unpaired) electrons. The van der Waals surface area contributed by atoms with E-state index in [0.717, 1.165) is 0 Å². The van der Waals surface area contributed by atoms with Gasteiger partial charge in [-0.1, -0.05) is 13.8 Å². The Labute approximate surface area is 118 Å². The minimum atomic E-state index is -0.808. The number of carbonyl (C=O) groups excluding carboxylic acids is 1. The van der Waals surface area contributed by atoms with Gasteiger partial charge in [-0.05, 0) is 20.3 Å². The highest BCUT2D eigenvalue weighted by Gasteiger charge is 2.45. The summed E-state index contributed by atoms with van der Waals surface area (Å²) in [6.07, 6.45) is 0.502. The highest BCUT2D eigenvalue weighted by molar-refractivity contribution is 5.91. The smallest absolute Gasteiger partial charge is 0.289 e. The van der Waals surface area contributed by atoms with Gasteiger partial charge in [0.05, 0.1) is 5.60 Å². The molecule has 1 fully saturated rings. The van der Waals surface area contributed by atoms with Gasteiger partial charge in [0.1, 0.15) is 5.76 Å². The lowest BCUT2D eigenvalue weighted by molar-refractivity contribution is -0.0974. The van der Waals surface area contributed by atoms with Crippen LogP contribution in [0.5, 0.6) is 0 Å². The average Bonchev–Trinajstić information content (AvgIpc) is 2.30. The van der Waals surface area contributed by atoms with Gasteiger partial charge in [0.15, 0.2) is 11.2 Å². The van der Waals surface area contributed by atoms with Crippen molar-refractivity contribution in [2.75, 3.05) is 13.1 Å². The van der Waals surface area contributed by atoms with E-state index in [1.54, 1.807) is 18.7 Å². The third-order valence-electron chi connectivity index (χ3n) is 4.30. The minimum absolute atomic E-state index is 0.0624. The highest BCUT2D eigenvalue weighted by Crippen LogP contribution is 2.38. The highest BCUT2D eigenvalue weighted by atomic mass is 16.3. The fraction of sp³-hybridized carbons (Fsp3) is 0.600. The van der Waals surface area contributed by atoms with E-state index in [1.165, 1.54) is 12.1 Å². The van der Waals surface area contributed by atoms with Gasteiger partial charge in [0, 0.05) is 30.6 Å². The van der Waals surface area contributed by atoms with Crippen LogP contribution >= 0.6 is 0 Å². The SMILES string of the molecule is Cc1cc(=O)cc(C(=O)N2CC[C@@](C)(O)C(C)(C)C2)o1. The molecule has 1 saturated heterocycles. The van der Waals surface area contributed by atoms with Crippen molar-refractivity contribution >= 4 is 5.91 Å². The molecule has 1 aliphatic rings. The van der Waals surface area contributed by atoms with Crippen LogP contribution in [0.4, 0.5) is 0 Å². The number of nitrogens with zero attached hydrogens (tertiary/aromatic N) is 1. The zero-order valence-corrected chi connectivity index (χ0v) is 12.4. The van der Waals surface area contributed by atoms with Gasteiger partial charge >= 0.3 is 0 Å². The molecule has 2 heterocycles. The number of hydrogen-bond acceptors (Lipinski definition) is 4. The molecule has 5 nitrogen and oxygen atoms in total. The quantitative estimate of drug-likeness (QED) is 0.847. The Hall–Kier alpha value is -1.62. The van der Waals surface area contributed by atoms with Gasteiger partial charge in [-0.3, -0.25) is 9.59 Å². The van der Waals surface area contributed by atoms with E-state index in [0.29, 0.717) is 25.3 Å². The molecule has 1 aliphatic heterocycles. The van der Waals surface area contributed by atoms with E-state index >= 15 is 0 Å². The van der Waals surface area contributed by atoms with Gasteiger partial charge in [0.2, 0.25) is 0 Å². The maximum atomic E-state index is 12.4. The van der Waals surface area contributed by atoms with E-state index in [1.807, 2.05) is 13.8 Å². The molecule has 110 valence electrons. The zero-order chi connectivity index (χ0) is 15.1. The molecule has 0 spiro atoms. The number of aryl methyl sites for hydroxylation is 1. The molecule has 1 N–H and O–H groups in total. The average molecular weight is 279 g/mol. The van der Waals surface area contributed by atoms with Crippen molar-refractivity contribution in [3.8, 4) is 0 Å². The van der Waals surface area contributed by atoms with Crippen molar-refractivity contribution in [1.29, 1.82) is 0 Å². The Kier molecular flexibility index (Phi) is 3.50. The van der Waals surface area contributed by atoms with Gasteiger partial charge in [0.25, 0.3) is 5.91 Å². The molecule has 1 amide bonds. The van der Waals surface area contributed by atoms with Crippen molar-refractivity contribution in [1.82, 2.24) is 4.90 Å². The van der Waals surface area contributed by atoms with E-state index in [9.17, 15) is 14.7 Å².